The van der Waals surface area contributed by atoms with Crippen LogP contribution in [-0.2, 0) is 21.3 Å². The van der Waals surface area contributed by atoms with Crippen molar-refractivity contribution < 1.29 is 22.9 Å². The van der Waals surface area contributed by atoms with Gasteiger partial charge in [-0.3, -0.25) is 9.00 Å². The summed E-state index contributed by atoms with van der Waals surface area (Å²) >= 11 is 0. The highest BCUT2D eigenvalue weighted by Crippen LogP contribution is 2.15. The number of carbonyl (C=O) groups is 1. The average molecular weight is 248 g/mol. The molecule has 0 aliphatic heterocycles. The van der Waals surface area contributed by atoms with E-state index >= 15 is 0 Å². The number of rotatable bonds is 4. The summed E-state index contributed by atoms with van der Waals surface area (Å²) < 4.78 is 37.8. The van der Waals surface area contributed by atoms with Gasteiger partial charge in [-0.25, -0.2) is 8.78 Å². The van der Waals surface area contributed by atoms with Crippen LogP contribution in [0, 0.1) is 11.6 Å². The zero-order valence-corrected chi connectivity index (χ0v) is 9.26. The summed E-state index contributed by atoms with van der Waals surface area (Å²) in [6.07, 6.45) is 0. The Morgan fingerprint density at radius 1 is 1.44 bits per heavy atom. The van der Waals surface area contributed by atoms with Crippen LogP contribution >= 0.6 is 0 Å². The van der Waals surface area contributed by atoms with E-state index in [1.807, 2.05) is 0 Å². The first-order chi connectivity index (χ1) is 7.43. The van der Waals surface area contributed by atoms with Gasteiger partial charge in [0.1, 0.15) is 16.9 Å². The molecule has 3 nitrogen and oxygen atoms in total. The summed E-state index contributed by atoms with van der Waals surface area (Å²) in [5.74, 6) is -3.32. The van der Waals surface area contributed by atoms with Crippen molar-refractivity contribution in [2.24, 2.45) is 0 Å². The van der Waals surface area contributed by atoms with Crippen LogP contribution < -0.4 is 0 Å². The molecule has 0 bridgehead atoms. The van der Waals surface area contributed by atoms with E-state index in [0.29, 0.717) is 0 Å². The molecule has 1 rings (SSSR count). The molecule has 1 N–H and O–H groups in total. The Bertz CT molecular complexity index is 414. The molecule has 16 heavy (non-hydrogen) atoms. The predicted molar refractivity (Wildman–Crippen MR) is 55.3 cm³/mol. The van der Waals surface area contributed by atoms with Gasteiger partial charge < -0.3 is 5.11 Å². The molecule has 0 saturated carbocycles. The van der Waals surface area contributed by atoms with Gasteiger partial charge in [-0.1, -0.05) is 6.07 Å². The third kappa shape index (κ3) is 2.85. The van der Waals surface area contributed by atoms with Gasteiger partial charge in [-0.15, -0.1) is 0 Å². The first-order valence-electron chi connectivity index (χ1n) is 4.46. The summed E-state index contributed by atoms with van der Waals surface area (Å²) in [5, 5.41) is 7.43. The summed E-state index contributed by atoms with van der Waals surface area (Å²) in [6, 6.07) is 3.28. The van der Waals surface area contributed by atoms with Gasteiger partial charge in [0, 0.05) is 16.4 Å². The second kappa shape index (κ2) is 5.16. The minimum absolute atomic E-state index is 0.339. The second-order valence-corrected chi connectivity index (χ2v) is 4.96. The maximum Gasteiger partial charge on any atom is 0.318 e. The van der Waals surface area contributed by atoms with Gasteiger partial charge in [0.05, 0.1) is 5.75 Å². The average Bonchev–Trinajstić information content (AvgIpc) is 2.22. The fraction of sp³-hybridized carbons (Fsp3) is 0.300. The summed E-state index contributed by atoms with van der Waals surface area (Å²) in [4.78, 5) is 10.5. The third-order valence-electron chi connectivity index (χ3n) is 2.09. The monoisotopic (exact) mass is 248 g/mol. The van der Waals surface area contributed by atoms with Crippen molar-refractivity contribution in [2.45, 2.75) is 17.9 Å². The summed E-state index contributed by atoms with van der Waals surface area (Å²) in [7, 11) is -1.85. The van der Waals surface area contributed by atoms with E-state index in [0.717, 1.165) is 12.1 Å². The Hall–Kier alpha value is -1.30. The lowest BCUT2D eigenvalue weighted by molar-refractivity contribution is -0.136. The van der Waals surface area contributed by atoms with E-state index in [9.17, 15) is 17.8 Å². The van der Waals surface area contributed by atoms with Gasteiger partial charge in [-0.05, 0) is 19.1 Å². The van der Waals surface area contributed by atoms with Gasteiger partial charge in [0.25, 0.3) is 0 Å². The Morgan fingerprint density at radius 2 is 1.94 bits per heavy atom. The summed E-state index contributed by atoms with van der Waals surface area (Å²) in [6.45, 7) is 1.23. The van der Waals surface area contributed by atoms with Crippen LogP contribution in [0.15, 0.2) is 18.2 Å². The molecule has 0 aromatic heterocycles. The highest BCUT2D eigenvalue weighted by Gasteiger charge is 2.21. The molecule has 0 saturated heterocycles. The molecule has 0 aliphatic rings. The number of carboxylic acid groups (broad SMARTS) is 1. The molecular weight excluding hydrogens is 238 g/mol. The normalized spacial score (nSPS) is 14.4. The fourth-order valence-corrected chi connectivity index (χ4v) is 2.09. The van der Waals surface area contributed by atoms with Gasteiger partial charge in [0.2, 0.25) is 0 Å². The molecule has 0 fully saturated rings. The van der Waals surface area contributed by atoms with E-state index in [4.69, 9.17) is 5.11 Å². The number of benzene rings is 1. The molecule has 0 amide bonds. The van der Waals surface area contributed by atoms with Crippen molar-refractivity contribution in [2.75, 3.05) is 0 Å². The molecule has 6 heteroatoms. The van der Waals surface area contributed by atoms with Crippen molar-refractivity contribution >= 4 is 16.8 Å². The lowest BCUT2D eigenvalue weighted by Gasteiger charge is -2.08. The first-order valence-corrected chi connectivity index (χ1v) is 5.84. The second-order valence-electron chi connectivity index (χ2n) is 3.21. The van der Waals surface area contributed by atoms with Crippen molar-refractivity contribution in [3.05, 3.63) is 35.4 Å². The molecule has 1 aromatic rings. The molecule has 2 unspecified atom stereocenters. The largest absolute Gasteiger partial charge is 0.480 e. The van der Waals surface area contributed by atoms with E-state index in [1.54, 1.807) is 0 Å². The molecule has 1 aromatic carbocycles. The molecule has 0 aliphatic carbocycles. The number of hydrogen-bond donors (Lipinski definition) is 1. The van der Waals surface area contributed by atoms with Crippen LogP contribution in [0.2, 0.25) is 0 Å². The fourth-order valence-electron chi connectivity index (χ4n) is 1.05. The van der Waals surface area contributed by atoms with Crippen molar-refractivity contribution in [3.8, 4) is 0 Å². The van der Waals surface area contributed by atoms with Gasteiger partial charge in [0.15, 0.2) is 0 Å². The SMILES string of the molecule is CC(C(=O)O)S(=O)Cc1c(F)cccc1F. The van der Waals surface area contributed by atoms with Crippen LogP contribution in [-0.4, -0.2) is 20.5 Å². The molecule has 2 atom stereocenters. The molecule has 0 spiro atoms. The van der Waals surface area contributed by atoms with Gasteiger partial charge in [-0.2, -0.15) is 0 Å². The maximum atomic E-state index is 13.2. The van der Waals surface area contributed by atoms with Crippen LogP contribution in [0.5, 0.6) is 0 Å². The van der Waals surface area contributed by atoms with Crippen LogP contribution in [0.3, 0.4) is 0 Å². The van der Waals surface area contributed by atoms with Crippen LogP contribution in [0.1, 0.15) is 12.5 Å². The van der Waals surface area contributed by atoms with Crippen molar-refractivity contribution in [1.82, 2.24) is 0 Å². The minimum Gasteiger partial charge on any atom is -0.480 e. The van der Waals surface area contributed by atoms with E-state index in [2.05, 4.69) is 0 Å². The summed E-state index contributed by atoms with van der Waals surface area (Å²) in [5.41, 5.74) is -0.339. The Balaban J connectivity index is 2.89. The van der Waals surface area contributed by atoms with Crippen LogP contribution in [0.4, 0.5) is 8.78 Å². The molecule has 88 valence electrons. The molecular formula is C10H10F2O3S. The zero-order valence-electron chi connectivity index (χ0n) is 8.44. The van der Waals surface area contributed by atoms with Crippen molar-refractivity contribution in [3.63, 3.8) is 0 Å². The Labute approximate surface area is 93.6 Å². The topological polar surface area (TPSA) is 54.4 Å². The number of carboxylic acids is 1. The number of hydrogen-bond acceptors (Lipinski definition) is 2. The highest BCUT2D eigenvalue weighted by atomic mass is 32.2. The quantitative estimate of drug-likeness (QED) is 0.882. The molecule has 0 heterocycles. The standard InChI is InChI=1S/C10H10F2O3S/c1-6(10(13)14)16(15)5-7-8(11)3-2-4-9(7)12/h2-4,6H,5H2,1H3,(H,13,14). The number of aliphatic carboxylic acids is 1. The van der Waals surface area contributed by atoms with E-state index in [1.165, 1.54) is 13.0 Å². The van der Waals surface area contributed by atoms with Crippen LogP contribution in [0.25, 0.3) is 0 Å². The van der Waals surface area contributed by atoms with E-state index in [-0.39, 0.29) is 5.56 Å². The lowest BCUT2D eigenvalue weighted by atomic mass is 10.2. The Kier molecular flexibility index (Phi) is 4.12. The smallest absolute Gasteiger partial charge is 0.318 e. The van der Waals surface area contributed by atoms with Crippen molar-refractivity contribution in [1.29, 1.82) is 0 Å². The Morgan fingerprint density at radius 3 is 2.38 bits per heavy atom. The minimum atomic E-state index is -1.85. The highest BCUT2D eigenvalue weighted by molar-refractivity contribution is 7.85. The zero-order chi connectivity index (χ0) is 12.3. The van der Waals surface area contributed by atoms with Gasteiger partial charge >= 0.3 is 5.97 Å². The third-order valence-corrected chi connectivity index (χ3v) is 3.65. The molecule has 0 radical (unpaired) electrons. The maximum absolute atomic E-state index is 13.2. The van der Waals surface area contributed by atoms with E-state index < -0.39 is 39.4 Å². The lowest BCUT2D eigenvalue weighted by Crippen LogP contribution is -2.23. The number of halogens is 2. The first kappa shape index (κ1) is 12.8. The predicted octanol–water partition coefficient (Wildman–Crippen LogP) is 1.69.